The molecule has 0 bridgehead atoms. The molecule has 0 saturated carbocycles. The van der Waals surface area contributed by atoms with Crippen molar-refractivity contribution >= 4 is 27.3 Å². The van der Waals surface area contributed by atoms with Crippen molar-refractivity contribution in [2.24, 2.45) is 0 Å². The number of hydrogen-bond acceptors (Lipinski definition) is 6. The van der Waals surface area contributed by atoms with Gasteiger partial charge in [-0.1, -0.05) is 0 Å². The SMILES string of the molecule is CC(C)Oc1ncccc1NS(=O)(=O)c1cnc(Cl)nc1. The molecule has 0 atom stereocenters. The van der Waals surface area contributed by atoms with Crippen LogP contribution in [0.1, 0.15) is 13.8 Å². The predicted octanol–water partition coefficient (Wildman–Crippen LogP) is 2.11. The second-order valence-corrected chi connectivity index (χ2v) is 6.34. The Bertz CT molecular complexity index is 720. The monoisotopic (exact) mass is 328 g/mol. The Kier molecular flexibility index (Phi) is 4.59. The summed E-state index contributed by atoms with van der Waals surface area (Å²) in [6, 6.07) is 3.16. The molecule has 2 aromatic rings. The smallest absolute Gasteiger partial charge is 0.265 e. The second kappa shape index (κ2) is 6.23. The molecule has 0 aliphatic carbocycles. The van der Waals surface area contributed by atoms with Gasteiger partial charge in [-0.3, -0.25) is 4.72 Å². The first-order chi connectivity index (χ1) is 9.88. The molecule has 0 aliphatic rings. The predicted molar refractivity (Wildman–Crippen MR) is 77.9 cm³/mol. The molecule has 0 aliphatic heterocycles. The molecule has 2 rings (SSSR count). The van der Waals surface area contributed by atoms with Crippen LogP contribution in [0.2, 0.25) is 5.28 Å². The standard InChI is InChI=1S/C12H13ClN4O3S/c1-8(2)20-11-10(4-3-5-14-11)17-21(18,19)9-6-15-12(13)16-7-9/h3-8,17H,1-2H3. The Labute approximate surface area is 127 Å². The van der Waals surface area contributed by atoms with Gasteiger partial charge in [0.05, 0.1) is 18.5 Å². The van der Waals surface area contributed by atoms with Gasteiger partial charge in [0.1, 0.15) is 10.6 Å². The van der Waals surface area contributed by atoms with E-state index in [1.54, 1.807) is 12.1 Å². The fourth-order valence-electron chi connectivity index (χ4n) is 1.43. The normalized spacial score (nSPS) is 11.4. The molecule has 21 heavy (non-hydrogen) atoms. The van der Waals surface area contributed by atoms with Crippen LogP contribution >= 0.6 is 11.6 Å². The molecule has 0 radical (unpaired) electrons. The number of pyridine rings is 1. The fraction of sp³-hybridized carbons (Fsp3) is 0.250. The summed E-state index contributed by atoms with van der Waals surface area (Å²) < 4.78 is 32.3. The van der Waals surface area contributed by atoms with Gasteiger partial charge in [0.2, 0.25) is 11.2 Å². The molecule has 7 nitrogen and oxygen atoms in total. The highest BCUT2D eigenvalue weighted by atomic mass is 35.5. The van der Waals surface area contributed by atoms with Crippen LogP contribution in [-0.2, 0) is 10.0 Å². The maximum absolute atomic E-state index is 12.2. The highest BCUT2D eigenvalue weighted by Crippen LogP contribution is 2.24. The molecule has 9 heteroatoms. The average molecular weight is 329 g/mol. The van der Waals surface area contributed by atoms with Gasteiger partial charge in [0.15, 0.2) is 0 Å². The van der Waals surface area contributed by atoms with E-state index in [9.17, 15) is 8.42 Å². The van der Waals surface area contributed by atoms with E-state index < -0.39 is 10.0 Å². The fourth-order valence-corrected chi connectivity index (χ4v) is 2.47. The number of halogens is 1. The Morgan fingerprint density at radius 1 is 1.24 bits per heavy atom. The Balaban J connectivity index is 2.30. The van der Waals surface area contributed by atoms with Crippen molar-refractivity contribution in [3.8, 4) is 5.88 Å². The number of sulfonamides is 1. The number of aromatic nitrogens is 3. The lowest BCUT2D eigenvalue weighted by Gasteiger charge is -2.14. The summed E-state index contributed by atoms with van der Waals surface area (Å²) in [6.07, 6.45) is 3.62. The van der Waals surface area contributed by atoms with E-state index in [-0.39, 0.29) is 27.9 Å². The third-order valence-corrected chi connectivity index (χ3v) is 3.78. The van der Waals surface area contributed by atoms with E-state index in [1.165, 1.54) is 6.20 Å². The average Bonchev–Trinajstić information content (AvgIpc) is 2.40. The van der Waals surface area contributed by atoms with Gasteiger partial charge >= 0.3 is 0 Å². The topological polar surface area (TPSA) is 94.1 Å². The molecule has 0 aromatic carbocycles. The number of rotatable bonds is 5. The Morgan fingerprint density at radius 3 is 2.52 bits per heavy atom. The lowest BCUT2D eigenvalue weighted by atomic mass is 10.4. The molecule has 2 aromatic heterocycles. The Hall–Kier alpha value is -1.93. The molecule has 0 saturated heterocycles. The Morgan fingerprint density at radius 2 is 1.90 bits per heavy atom. The van der Waals surface area contributed by atoms with E-state index in [0.717, 1.165) is 12.4 Å². The third kappa shape index (κ3) is 4.02. The lowest BCUT2D eigenvalue weighted by molar-refractivity contribution is 0.234. The van der Waals surface area contributed by atoms with Crippen molar-refractivity contribution in [2.75, 3.05) is 4.72 Å². The van der Waals surface area contributed by atoms with E-state index in [1.807, 2.05) is 13.8 Å². The van der Waals surface area contributed by atoms with Crippen molar-refractivity contribution < 1.29 is 13.2 Å². The van der Waals surface area contributed by atoms with E-state index in [0.29, 0.717) is 0 Å². The van der Waals surface area contributed by atoms with Gasteiger partial charge in [-0.05, 0) is 37.6 Å². The van der Waals surface area contributed by atoms with Crippen LogP contribution in [0.3, 0.4) is 0 Å². The van der Waals surface area contributed by atoms with Crippen LogP contribution in [0.25, 0.3) is 0 Å². The van der Waals surface area contributed by atoms with E-state index >= 15 is 0 Å². The number of ether oxygens (including phenoxy) is 1. The zero-order valence-electron chi connectivity index (χ0n) is 11.3. The minimum absolute atomic E-state index is 0.0286. The minimum Gasteiger partial charge on any atom is -0.473 e. The van der Waals surface area contributed by atoms with Crippen molar-refractivity contribution in [3.63, 3.8) is 0 Å². The largest absolute Gasteiger partial charge is 0.473 e. The first kappa shape index (κ1) is 15.5. The number of nitrogens with zero attached hydrogens (tertiary/aromatic N) is 3. The summed E-state index contributed by atoms with van der Waals surface area (Å²) in [6.45, 7) is 3.64. The molecule has 1 N–H and O–H groups in total. The van der Waals surface area contributed by atoms with Crippen molar-refractivity contribution in [1.82, 2.24) is 15.0 Å². The first-order valence-corrected chi connectivity index (χ1v) is 7.86. The number of anilines is 1. The third-order valence-electron chi connectivity index (χ3n) is 2.27. The maximum atomic E-state index is 12.2. The van der Waals surface area contributed by atoms with Crippen molar-refractivity contribution in [1.29, 1.82) is 0 Å². The number of nitrogens with one attached hydrogen (secondary N) is 1. The summed E-state index contributed by atoms with van der Waals surface area (Å²) in [7, 11) is -3.84. The van der Waals surface area contributed by atoms with Gasteiger partial charge in [-0.15, -0.1) is 0 Å². The molecule has 0 amide bonds. The zero-order valence-corrected chi connectivity index (χ0v) is 12.9. The van der Waals surface area contributed by atoms with Crippen LogP contribution < -0.4 is 9.46 Å². The summed E-state index contributed by atoms with van der Waals surface area (Å²) in [5, 5.41) is -0.0286. The summed E-state index contributed by atoms with van der Waals surface area (Å²) >= 11 is 5.54. The van der Waals surface area contributed by atoms with Crippen LogP contribution in [0.5, 0.6) is 5.88 Å². The molecule has 112 valence electrons. The number of hydrogen-bond donors (Lipinski definition) is 1. The lowest BCUT2D eigenvalue weighted by Crippen LogP contribution is -2.16. The molecule has 0 fully saturated rings. The van der Waals surface area contributed by atoms with Gasteiger partial charge in [0, 0.05) is 6.20 Å². The highest BCUT2D eigenvalue weighted by Gasteiger charge is 2.18. The quantitative estimate of drug-likeness (QED) is 0.845. The highest BCUT2D eigenvalue weighted by molar-refractivity contribution is 7.92. The van der Waals surface area contributed by atoms with Crippen molar-refractivity contribution in [2.45, 2.75) is 24.8 Å². The van der Waals surface area contributed by atoms with Crippen LogP contribution in [0.15, 0.2) is 35.6 Å². The summed E-state index contributed by atoms with van der Waals surface area (Å²) in [5.41, 5.74) is 0.237. The molecule has 0 unspecified atom stereocenters. The molecular weight excluding hydrogens is 316 g/mol. The van der Waals surface area contributed by atoms with Gasteiger partial charge in [0.25, 0.3) is 10.0 Å². The molecule has 0 spiro atoms. The van der Waals surface area contributed by atoms with E-state index in [2.05, 4.69) is 19.7 Å². The van der Waals surface area contributed by atoms with Gasteiger partial charge in [-0.2, -0.15) is 0 Å². The van der Waals surface area contributed by atoms with Gasteiger partial charge < -0.3 is 4.74 Å². The summed E-state index contributed by atoms with van der Waals surface area (Å²) in [5.74, 6) is 0.200. The van der Waals surface area contributed by atoms with Crippen molar-refractivity contribution in [3.05, 3.63) is 36.0 Å². The van der Waals surface area contributed by atoms with Crippen LogP contribution in [-0.4, -0.2) is 29.5 Å². The zero-order chi connectivity index (χ0) is 15.5. The summed E-state index contributed by atoms with van der Waals surface area (Å²) in [4.78, 5) is 11.2. The molecule has 2 heterocycles. The minimum atomic E-state index is -3.84. The second-order valence-electron chi connectivity index (χ2n) is 4.32. The van der Waals surface area contributed by atoms with E-state index in [4.69, 9.17) is 16.3 Å². The van der Waals surface area contributed by atoms with Crippen LogP contribution in [0.4, 0.5) is 5.69 Å². The first-order valence-electron chi connectivity index (χ1n) is 6.00. The maximum Gasteiger partial charge on any atom is 0.265 e. The molecular formula is C12H13ClN4O3S. The van der Waals surface area contributed by atoms with Crippen LogP contribution in [0, 0.1) is 0 Å². The van der Waals surface area contributed by atoms with Gasteiger partial charge in [-0.25, -0.2) is 23.4 Å².